The molecule has 0 aliphatic rings. The Morgan fingerprint density at radius 1 is 1.11 bits per heavy atom. The van der Waals surface area contributed by atoms with E-state index >= 15 is 0 Å². The van der Waals surface area contributed by atoms with E-state index in [0.717, 1.165) is 5.56 Å². The maximum absolute atomic E-state index is 12.0. The zero-order valence-corrected chi connectivity index (χ0v) is 11.0. The first-order valence-corrected chi connectivity index (χ1v) is 6.93. The quantitative estimate of drug-likeness (QED) is 0.806. The summed E-state index contributed by atoms with van der Waals surface area (Å²) in [5, 5.41) is 8.76. The van der Waals surface area contributed by atoms with Crippen molar-refractivity contribution in [1.82, 2.24) is 0 Å². The van der Waals surface area contributed by atoms with Crippen molar-refractivity contribution in [3.8, 4) is 11.8 Å². The normalized spacial score (nSPS) is 10.7. The molecule has 2 aromatic rings. The van der Waals surface area contributed by atoms with Gasteiger partial charge in [-0.2, -0.15) is 13.7 Å². The second-order valence-corrected chi connectivity index (χ2v) is 5.54. The summed E-state index contributed by atoms with van der Waals surface area (Å²) in [5.74, 6) is 0.126. The summed E-state index contributed by atoms with van der Waals surface area (Å²) < 4.78 is 29.1. The molecule has 0 N–H and O–H groups in total. The van der Waals surface area contributed by atoms with Crippen molar-refractivity contribution in [3.63, 3.8) is 0 Å². The second-order valence-electron chi connectivity index (χ2n) is 3.99. The first kappa shape index (κ1) is 13.1. The Bertz CT molecular complexity index is 745. The first-order valence-electron chi connectivity index (χ1n) is 5.52. The van der Waals surface area contributed by atoms with E-state index in [9.17, 15) is 8.42 Å². The van der Waals surface area contributed by atoms with Gasteiger partial charge in [0.05, 0.1) is 11.6 Å². The molecule has 4 nitrogen and oxygen atoms in total. The molecule has 0 amide bonds. The van der Waals surface area contributed by atoms with Crippen LogP contribution in [0, 0.1) is 18.3 Å². The Kier molecular flexibility index (Phi) is 3.54. The molecule has 0 heterocycles. The van der Waals surface area contributed by atoms with Crippen molar-refractivity contribution in [2.24, 2.45) is 0 Å². The third-order valence-corrected chi connectivity index (χ3v) is 3.69. The molecule has 19 heavy (non-hydrogen) atoms. The van der Waals surface area contributed by atoms with Crippen LogP contribution in [-0.4, -0.2) is 8.42 Å². The van der Waals surface area contributed by atoms with Crippen molar-refractivity contribution >= 4 is 10.1 Å². The van der Waals surface area contributed by atoms with E-state index < -0.39 is 10.1 Å². The van der Waals surface area contributed by atoms with Crippen LogP contribution in [0.1, 0.15) is 11.1 Å². The van der Waals surface area contributed by atoms with Crippen molar-refractivity contribution in [2.75, 3.05) is 0 Å². The second kappa shape index (κ2) is 5.12. The van der Waals surface area contributed by atoms with Crippen LogP contribution in [0.3, 0.4) is 0 Å². The van der Waals surface area contributed by atoms with Gasteiger partial charge in [0.2, 0.25) is 0 Å². The largest absolute Gasteiger partial charge is 0.379 e. The molecule has 0 spiro atoms. The molecule has 0 radical (unpaired) electrons. The van der Waals surface area contributed by atoms with Crippen LogP contribution >= 0.6 is 0 Å². The van der Waals surface area contributed by atoms with E-state index in [0.29, 0.717) is 5.56 Å². The van der Waals surface area contributed by atoms with Gasteiger partial charge in [-0.1, -0.05) is 18.2 Å². The minimum absolute atomic E-state index is 0.0925. The summed E-state index contributed by atoms with van der Waals surface area (Å²) in [7, 11) is -3.87. The lowest BCUT2D eigenvalue weighted by Crippen LogP contribution is -2.09. The van der Waals surface area contributed by atoms with Gasteiger partial charge in [-0.25, -0.2) is 0 Å². The van der Waals surface area contributed by atoms with Crippen molar-refractivity contribution < 1.29 is 12.6 Å². The van der Waals surface area contributed by atoms with Gasteiger partial charge in [0.25, 0.3) is 0 Å². The van der Waals surface area contributed by atoms with Gasteiger partial charge < -0.3 is 4.18 Å². The van der Waals surface area contributed by atoms with E-state index in [2.05, 4.69) is 0 Å². The Morgan fingerprint density at radius 3 is 2.53 bits per heavy atom. The zero-order chi connectivity index (χ0) is 13.9. The lowest BCUT2D eigenvalue weighted by molar-refractivity contribution is 0.486. The molecule has 0 saturated heterocycles. The lowest BCUT2D eigenvalue weighted by Gasteiger charge is -2.07. The molecule has 0 unspecified atom stereocenters. The Hall–Kier alpha value is -2.32. The van der Waals surface area contributed by atoms with Gasteiger partial charge in [-0.05, 0) is 42.8 Å². The summed E-state index contributed by atoms with van der Waals surface area (Å²) in [6, 6.07) is 14.4. The van der Waals surface area contributed by atoms with Crippen LogP contribution < -0.4 is 4.18 Å². The SMILES string of the molecule is Cc1cccc(S(=O)(=O)Oc2cccc(C#N)c2)c1. The smallest absolute Gasteiger partial charge is 0.339 e. The van der Waals surface area contributed by atoms with Gasteiger partial charge in [0.1, 0.15) is 10.6 Å². The molecule has 0 fully saturated rings. The highest BCUT2D eigenvalue weighted by Gasteiger charge is 2.16. The van der Waals surface area contributed by atoms with Gasteiger partial charge in [0.15, 0.2) is 0 Å². The number of nitriles is 1. The minimum Gasteiger partial charge on any atom is -0.379 e. The fourth-order valence-electron chi connectivity index (χ4n) is 1.56. The standard InChI is InChI=1S/C14H11NO3S/c1-11-4-2-7-14(8-11)19(16,17)18-13-6-3-5-12(9-13)10-15/h2-9H,1H3. The average molecular weight is 273 g/mol. The summed E-state index contributed by atoms with van der Waals surface area (Å²) in [5.41, 5.74) is 1.17. The number of aryl methyl sites for hydroxylation is 1. The van der Waals surface area contributed by atoms with Gasteiger partial charge in [-0.15, -0.1) is 0 Å². The van der Waals surface area contributed by atoms with E-state index in [1.807, 2.05) is 6.07 Å². The molecule has 0 aromatic heterocycles. The minimum atomic E-state index is -3.87. The van der Waals surface area contributed by atoms with Crippen LogP contribution in [0.25, 0.3) is 0 Å². The topological polar surface area (TPSA) is 67.2 Å². The van der Waals surface area contributed by atoms with Gasteiger partial charge >= 0.3 is 10.1 Å². The van der Waals surface area contributed by atoms with Crippen LogP contribution in [0.5, 0.6) is 5.75 Å². The monoisotopic (exact) mass is 273 g/mol. The highest BCUT2D eigenvalue weighted by molar-refractivity contribution is 7.87. The average Bonchev–Trinajstić information content (AvgIpc) is 2.38. The van der Waals surface area contributed by atoms with Crippen molar-refractivity contribution in [1.29, 1.82) is 5.26 Å². The molecule has 2 aromatic carbocycles. The zero-order valence-electron chi connectivity index (χ0n) is 10.2. The Labute approximate surface area is 112 Å². The van der Waals surface area contributed by atoms with Gasteiger partial charge in [0, 0.05) is 0 Å². The van der Waals surface area contributed by atoms with E-state index in [1.165, 1.54) is 24.3 Å². The molecule has 0 atom stereocenters. The number of hydrogen-bond acceptors (Lipinski definition) is 4. The fourth-order valence-corrected chi connectivity index (χ4v) is 2.59. The Morgan fingerprint density at radius 2 is 1.84 bits per heavy atom. The van der Waals surface area contributed by atoms with Crippen molar-refractivity contribution in [3.05, 3.63) is 59.7 Å². The fraction of sp³-hybridized carbons (Fsp3) is 0.0714. The third-order valence-electron chi connectivity index (χ3n) is 2.45. The highest BCUT2D eigenvalue weighted by atomic mass is 32.2. The summed E-state index contributed by atoms with van der Waals surface area (Å²) >= 11 is 0. The number of benzene rings is 2. The predicted octanol–water partition coefficient (Wildman–Crippen LogP) is 2.63. The third kappa shape index (κ3) is 3.12. The summed E-state index contributed by atoms with van der Waals surface area (Å²) in [6.45, 7) is 1.80. The predicted molar refractivity (Wildman–Crippen MR) is 70.1 cm³/mol. The number of nitrogens with zero attached hydrogens (tertiary/aromatic N) is 1. The van der Waals surface area contributed by atoms with E-state index in [-0.39, 0.29) is 10.6 Å². The van der Waals surface area contributed by atoms with Crippen LogP contribution in [0.2, 0.25) is 0 Å². The summed E-state index contributed by atoms with van der Waals surface area (Å²) in [4.78, 5) is 0.0925. The van der Waals surface area contributed by atoms with Crippen molar-refractivity contribution in [2.45, 2.75) is 11.8 Å². The Balaban J connectivity index is 2.34. The molecular formula is C14H11NO3S. The molecule has 0 saturated carbocycles. The molecule has 0 aliphatic carbocycles. The van der Waals surface area contributed by atoms with Gasteiger partial charge in [-0.3, -0.25) is 0 Å². The molecule has 96 valence electrons. The summed E-state index contributed by atoms with van der Waals surface area (Å²) in [6.07, 6.45) is 0. The van der Waals surface area contributed by atoms with E-state index in [4.69, 9.17) is 9.44 Å². The molecule has 0 bridgehead atoms. The number of rotatable bonds is 3. The maximum Gasteiger partial charge on any atom is 0.339 e. The molecule has 2 rings (SSSR count). The molecule has 0 aliphatic heterocycles. The highest BCUT2D eigenvalue weighted by Crippen LogP contribution is 2.20. The van der Waals surface area contributed by atoms with E-state index in [1.54, 1.807) is 31.2 Å². The maximum atomic E-state index is 12.0. The first-order chi connectivity index (χ1) is 9.01. The van der Waals surface area contributed by atoms with Crippen LogP contribution in [-0.2, 0) is 10.1 Å². The van der Waals surface area contributed by atoms with Crippen LogP contribution in [0.15, 0.2) is 53.4 Å². The molecular weight excluding hydrogens is 262 g/mol. The van der Waals surface area contributed by atoms with Crippen LogP contribution in [0.4, 0.5) is 0 Å². The lowest BCUT2D eigenvalue weighted by atomic mass is 10.2. The number of hydrogen-bond donors (Lipinski definition) is 0. The molecule has 5 heteroatoms.